The summed E-state index contributed by atoms with van der Waals surface area (Å²) < 4.78 is 41.3. The standard InChI is InChI=1S/C30H36FN3O4S/c1-4-5-19-32-30(36)28(20-24-11-7-6-8-12-24)33(21-25-13-9-10-14-27(25)31)29(35)22-34(39(3,37)38)26-17-15-23(2)16-18-26/h6-18,28H,4-5,19-22H2,1-3H3,(H,32,36)/t28-/m0/s1. The summed E-state index contributed by atoms with van der Waals surface area (Å²) in [4.78, 5) is 28.7. The number of unbranched alkanes of at least 4 members (excludes halogenated alkanes) is 1. The second-order valence-electron chi connectivity index (χ2n) is 9.57. The van der Waals surface area contributed by atoms with E-state index in [2.05, 4.69) is 5.32 Å². The molecule has 1 atom stereocenters. The van der Waals surface area contributed by atoms with Crippen LogP contribution in [-0.2, 0) is 32.6 Å². The molecule has 208 valence electrons. The van der Waals surface area contributed by atoms with Gasteiger partial charge in [0.15, 0.2) is 0 Å². The fraction of sp³-hybridized carbons (Fsp3) is 0.333. The molecular weight excluding hydrogens is 517 g/mol. The number of sulfonamides is 1. The zero-order chi connectivity index (χ0) is 28.4. The van der Waals surface area contributed by atoms with Gasteiger partial charge in [0.2, 0.25) is 21.8 Å². The molecule has 3 aromatic rings. The van der Waals surface area contributed by atoms with Crippen LogP contribution in [0.15, 0.2) is 78.9 Å². The minimum atomic E-state index is -3.85. The van der Waals surface area contributed by atoms with Crippen LogP contribution in [0.25, 0.3) is 0 Å². The van der Waals surface area contributed by atoms with Crippen molar-refractivity contribution in [3.8, 4) is 0 Å². The molecule has 0 aliphatic rings. The molecule has 0 unspecified atom stereocenters. The molecule has 0 saturated heterocycles. The summed E-state index contributed by atoms with van der Waals surface area (Å²) in [6.45, 7) is 3.58. The molecule has 2 amide bonds. The Morgan fingerprint density at radius 3 is 2.21 bits per heavy atom. The molecule has 0 fully saturated rings. The monoisotopic (exact) mass is 553 g/mol. The predicted molar refractivity (Wildman–Crippen MR) is 152 cm³/mol. The van der Waals surface area contributed by atoms with Crippen molar-refractivity contribution in [2.24, 2.45) is 0 Å². The number of hydrogen-bond acceptors (Lipinski definition) is 4. The molecule has 39 heavy (non-hydrogen) atoms. The maximum atomic E-state index is 14.8. The van der Waals surface area contributed by atoms with E-state index in [-0.39, 0.29) is 24.4 Å². The number of benzene rings is 3. The van der Waals surface area contributed by atoms with E-state index in [0.29, 0.717) is 12.2 Å². The van der Waals surface area contributed by atoms with Gasteiger partial charge in [0.1, 0.15) is 18.4 Å². The second-order valence-corrected chi connectivity index (χ2v) is 11.5. The minimum Gasteiger partial charge on any atom is -0.354 e. The number of amides is 2. The van der Waals surface area contributed by atoms with E-state index in [1.165, 1.54) is 11.0 Å². The third-order valence-corrected chi connectivity index (χ3v) is 7.54. The molecule has 0 saturated carbocycles. The predicted octanol–water partition coefficient (Wildman–Crippen LogP) is 4.46. The fourth-order valence-electron chi connectivity index (χ4n) is 4.20. The topological polar surface area (TPSA) is 86.8 Å². The van der Waals surface area contributed by atoms with Gasteiger partial charge in [-0.1, -0.05) is 79.6 Å². The van der Waals surface area contributed by atoms with Gasteiger partial charge >= 0.3 is 0 Å². The Balaban J connectivity index is 2.03. The number of nitrogens with one attached hydrogen (secondary N) is 1. The first-order chi connectivity index (χ1) is 18.6. The highest BCUT2D eigenvalue weighted by atomic mass is 32.2. The van der Waals surface area contributed by atoms with Crippen LogP contribution < -0.4 is 9.62 Å². The van der Waals surface area contributed by atoms with Crippen LogP contribution in [0.4, 0.5) is 10.1 Å². The first-order valence-electron chi connectivity index (χ1n) is 13.0. The third kappa shape index (κ3) is 8.64. The summed E-state index contributed by atoms with van der Waals surface area (Å²) in [5.41, 5.74) is 2.31. The zero-order valence-corrected chi connectivity index (χ0v) is 23.5. The number of carbonyl (C=O) groups is 2. The third-order valence-electron chi connectivity index (χ3n) is 6.40. The SMILES string of the molecule is CCCCNC(=O)[C@H](Cc1ccccc1)N(Cc1ccccc1F)C(=O)CN(c1ccc(C)cc1)S(C)(=O)=O. The molecule has 7 nitrogen and oxygen atoms in total. The number of carbonyl (C=O) groups excluding carboxylic acids is 2. The molecule has 0 heterocycles. The van der Waals surface area contributed by atoms with E-state index in [1.807, 2.05) is 44.2 Å². The molecule has 1 N–H and O–H groups in total. The van der Waals surface area contributed by atoms with Crippen LogP contribution in [0.5, 0.6) is 0 Å². The molecule has 3 aromatic carbocycles. The molecule has 9 heteroatoms. The number of hydrogen-bond donors (Lipinski definition) is 1. The number of halogens is 1. The molecule has 0 radical (unpaired) electrons. The highest BCUT2D eigenvalue weighted by Crippen LogP contribution is 2.21. The molecule has 3 rings (SSSR count). The van der Waals surface area contributed by atoms with Crippen molar-refractivity contribution in [1.29, 1.82) is 0 Å². The van der Waals surface area contributed by atoms with Crippen LogP contribution in [0.3, 0.4) is 0 Å². The number of aryl methyl sites for hydroxylation is 1. The van der Waals surface area contributed by atoms with Gasteiger partial charge in [-0.25, -0.2) is 12.8 Å². The quantitative estimate of drug-likeness (QED) is 0.317. The van der Waals surface area contributed by atoms with Crippen LogP contribution in [0, 0.1) is 12.7 Å². The average molecular weight is 554 g/mol. The summed E-state index contributed by atoms with van der Waals surface area (Å²) >= 11 is 0. The Morgan fingerprint density at radius 1 is 0.949 bits per heavy atom. The fourth-order valence-corrected chi connectivity index (χ4v) is 5.04. The minimum absolute atomic E-state index is 0.183. The molecule has 0 aliphatic carbocycles. The van der Waals surface area contributed by atoms with Crippen molar-refractivity contribution in [2.45, 2.75) is 45.7 Å². The van der Waals surface area contributed by atoms with Gasteiger partial charge in [-0.3, -0.25) is 13.9 Å². The lowest BCUT2D eigenvalue weighted by Gasteiger charge is -2.33. The lowest BCUT2D eigenvalue weighted by Crippen LogP contribution is -2.53. The first-order valence-corrected chi connectivity index (χ1v) is 14.8. The number of nitrogens with zero attached hydrogens (tertiary/aromatic N) is 2. The van der Waals surface area contributed by atoms with E-state index in [1.54, 1.807) is 42.5 Å². The summed E-state index contributed by atoms with van der Waals surface area (Å²) in [5, 5.41) is 2.90. The van der Waals surface area contributed by atoms with Gasteiger partial charge in [0.05, 0.1) is 11.9 Å². The molecule has 0 aromatic heterocycles. The van der Waals surface area contributed by atoms with E-state index in [9.17, 15) is 22.4 Å². The summed E-state index contributed by atoms with van der Waals surface area (Å²) in [6, 6.07) is 21.1. The van der Waals surface area contributed by atoms with Crippen LogP contribution >= 0.6 is 0 Å². The van der Waals surface area contributed by atoms with Crippen molar-refractivity contribution >= 4 is 27.5 Å². The first kappa shape index (κ1) is 29.8. The van der Waals surface area contributed by atoms with Crippen LogP contribution in [-0.4, -0.2) is 50.5 Å². The van der Waals surface area contributed by atoms with Gasteiger partial charge in [0.25, 0.3) is 0 Å². The smallest absolute Gasteiger partial charge is 0.244 e. The highest BCUT2D eigenvalue weighted by Gasteiger charge is 2.33. The van der Waals surface area contributed by atoms with Gasteiger partial charge < -0.3 is 10.2 Å². The maximum Gasteiger partial charge on any atom is 0.244 e. The Labute approximate surface area is 230 Å². The van der Waals surface area contributed by atoms with Gasteiger partial charge in [0, 0.05) is 25.1 Å². The van der Waals surface area contributed by atoms with Crippen molar-refractivity contribution < 1.29 is 22.4 Å². The van der Waals surface area contributed by atoms with Crippen molar-refractivity contribution in [2.75, 3.05) is 23.7 Å². The van der Waals surface area contributed by atoms with E-state index >= 15 is 0 Å². The normalized spacial score (nSPS) is 12.0. The zero-order valence-electron chi connectivity index (χ0n) is 22.6. The van der Waals surface area contributed by atoms with Crippen LogP contribution in [0.2, 0.25) is 0 Å². The molecular formula is C30H36FN3O4S. The van der Waals surface area contributed by atoms with Crippen molar-refractivity contribution in [1.82, 2.24) is 10.2 Å². The largest absolute Gasteiger partial charge is 0.354 e. The van der Waals surface area contributed by atoms with E-state index < -0.39 is 34.3 Å². The molecule has 0 spiro atoms. The highest BCUT2D eigenvalue weighted by molar-refractivity contribution is 7.92. The summed E-state index contributed by atoms with van der Waals surface area (Å²) in [6.07, 6.45) is 2.85. The Hall–Kier alpha value is -3.72. The Bertz CT molecular complexity index is 1350. The maximum absolute atomic E-state index is 14.8. The average Bonchev–Trinajstić information content (AvgIpc) is 2.91. The summed E-state index contributed by atoms with van der Waals surface area (Å²) in [7, 11) is -3.85. The van der Waals surface area contributed by atoms with Gasteiger partial charge in [-0.15, -0.1) is 0 Å². The van der Waals surface area contributed by atoms with Gasteiger partial charge in [-0.05, 0) is 37.1 Å². The van der Waals surface area contributed by atoms with E-state index in [4.69, 9.17) is 0 Å². The summed E-state index contributed by atoms with van der Waals surface area (Å²) in [5.74, 6) is -1.51. The van der Waals surface area contributed by atoms with Crippen molar-refractivity contribution in [3.63, 3.8) is 0 Å². The Kier molecular flexibility index (Phi) is 10.6. The number of anilines is 1. The lowest BCUT2D eigenvalue weighted by molar-refractivity contribution is -0.140. The van der Waals surface area contributed by atoms with E-state index in [0.717, 1.165) is 34.5 Å². The Morgan fingerprint density at radius 2 is 1.59 bits per heavy atom. The second kappa shape index (κ2) is 13.9. The number of rotatable bonds is 13. The van der Waals surface area contributed by atoms with Gasteiger partial charge in [-0.2, -0.15) is 0 Å². The lowest BCUT2D eigenvalue weighted by atomic mass is 10.0. The molecule has 0 bridgehead atoms. The van der Waals surface area contributed by atoms with Crippen molar-refractivity contribution in [3.05, 3.63) is 101 Å². The van der Waals surface area contributed by atoms with Crippen LogP contribution in [0.1, 0.15) is 36.5 Å². The molecule has 0 aliphatic heterocycles.